The minimum Gasteiger partial charge on any atom is -0.330 e. The molecule has 0 heterocycles. The van der Waals surface area contributed by atoms with Gasteiger partial charge >= 0.3 is 0 Å². The average Bonchev–Trinajstić information content (AvgIpc) is 2.33. The second-order valence-corrected chi connectivity index (χ2v) is 6.53. The van der Waals surface area contributed by atoms with E-state index in [1.807, 2.05) is 0 Å². The van der Waals surface area contributed by atoms with Gasteiger partial charge in [0.25, 0.3) is 0 Å². The Bertz CT molecular complexity index is 148. The molecule has 0 aliphatic carbocycles. The molecule has 0 aromatic heterocycles. The Kier molecular flexibility index (Phi) is 17.8. The van der Waals surface area contributed by atoms with E-state index in [-0.39, 0.29) is 0 Å². The molecule has 0 saturated heterocycles. The van der Waals surface area contributed by atoms with Crippen LogP contribution in [-0.2, 0) is 0 Å². The van der Waals surface area contributed by atoms with Gasteiger partial charge in [-0.2, -0.15) is 0 Å². The standard InChI is InChI=1S/C13H29N.C4H11N/c1-13(2,3)11-9-7-5-4-6-8-10-12-14;1-3-5-4-2/h4-12,14H2,1-3H3;5H,3-4H2,1-2H3. The molecule has 0 aromatic rings. The molecule has 2 heteroatoms. The van der Waals surface area contributed by atoms with Crippen molar-refractivity contribution in [2.24, 2.45) is 11.1 Å². The van der Waals surface area contributed by atoms with Crippen molar-refractivity contribution in [1.82, 2.24) is 5.32 Å². The number of rotatable bonds is 10. The molecule has 0 bridgehead atoms. The van der Waals surface area contributed by atoms with Crippen molar-refractivity contribution in [1.29, 1.82) is 0 Å². The van der Waals surface area contributed by atoms with E-state index in [1.54, 1.807) is 0 Å². The Morgan fingerprint density at radius 2 is 1.16 bits per heavy atom. The molecule has 0 aliphatic heterocycles. The second kappa shape index (κ2) is 16.0. The van der Waals surface area contributed by atoms with Gasteiger partial charge in [0.1, 0.15) is 0 Å². The van der Waals surface area contributed by atoms with Gasteiger partial charge in [0, 0.05) is 0 Å². The van der Waals surface area contributed by atoms with E-state index in [4.69, 9.17) is 5.73 Å². The van der Waals surface area contributed by atoms with Gasteiger partial charge in [-0.1, -0.05) is 73.1 Å². The maximum absolute atomic E-state index is 5.44. The molecule has 3 N–H and O–H groups in total. The van der Waals surface area contributed by atoms with Crippen LogP contribution in [0.25, 0.3) is 0 Å². The molecule has 0 rings (SSSR count). The van der Waals surface area contributed by atoms with Crippen molar-refractivity contribution >= 4 is 0 Å². The van der Waals surface area contributed by atoms with Crippen LogP contribution in [0.3, 0.4) is 0 Å². The highest BCUT2D eigenvalue weighted by molar-refractivity contribution is 4.60. The number of unbranched alkanes of at least 4 members (excludes halogenated alkanes) is 6. The van der Waals surface area contributed by atoms with Gasteiger partial charge in [0.15, 0.2) is 0 Å². The number of hydrogen-bond donors (Lipinski definition) is 2. The Morgan fingerprint density at radius 3 is 1.47 bits per heavy atom. The smallest absolute Gasteiger partial charge is 0.00773 e. The molecule has 0 radical (unpaired) electrons. The van der Waals surface area contributed by atoms with Crippen molar-refractivity contribution in [2.45, 2.75) is 86.0 Å². The summed E-state index contributed by atoms with van der Waals surface area (Å²) in [7, 11) is 0. The first-order chi connectivity index (χ1) is 8.97. The SMILES string of the molecule is CC(C)(C)CCCCCCCCCN.CCNCC. The first-order valence-corrected chi connectivity index (χ1v) is 8.38. The normalized spacial score (nSPS) is 11.1. The predicted molar refractivity (Wildman–Crippen MR) is 89.7 cm³/mol. The molecule has 0 aliphatic rings. The highest BCUT2D eigenvalue weighted by atomic mass is 14.8. The quantitative estimate of drug-likeness (QED) is 0.564. The van der Waals surface area contributed by atoms with Crippen LogP contribution in [0.2, 0.25) is 0 Å². The Balaban J connectivity index is 0. The topological polar surface area (TPSA) is 38.0 Å². The third-order valence-corrected chi connectivity index (χ3v) is 3.13. The maximum atomic E-state index is 5.44. The fourth-order valence-electron chi connectivity index (χ4n) is 1.93. The number of nitrogens with one attached hydrogen (secondary N) is 1. The van der Waals surface area contributed by atoms with Gasteiger partial charge in [0.2, 0.25) is 0 Å². The summed E-state index contributed by atoms with van der Waals surface area (Å²) in [4.78, 5) is 0. The molecule has 0 spiro atoms. The first-order valence-electron chi connectivity index (χ1n) is 8.38. The summed E-state index contributed by atoms with van der Waals surface area (Å²) in [5, 5.41) is 3.11. The predicted octanol–water partition coefficient (Wildman–Crippen LogP) is 4.73. The lowest BCUT2D eigenvalue weighted by Crippen LogP contribution is -2.09. The number of nitrogens with two attached hydrogens (primary N) is 1. The van der Waals surface area contributed by atoms with E-state index in [0.29, 0.717) is 5.41 Å². The monoisotopic (exact) mass is 272 g/mol. The Hall–Kier alpha value is -0.0800. The van der Waals surface area contributed by atoms with Gasteiger partial charge < -0.3 is 11.1 Å². The van der Waals surface area contributed by atoms with E-state index < -0.39 is 0 Å². The largest absolute Gasteiger partial charge is 0.330 e. The fourth-order valence-corrected chi connectivity index (χ4v) is 1.93. The van der Waals surface area contributed by atoms with E-state index in [2.05, 4.69) is 39.9 Å². The van der Waals surface area contributed by atoms with Gasteiger partial charge in [-0.25, -0.2) is 0 Å². The summed E-state index contributed by atoms with van der Waals surface area (Å²) in [5.74, 6) is 0. The summed E-state index contributed by atoms with van der Waals surface area (Å²) in [6.07, 6.45) is 10.9. The van der Waals surface area contributed by atoms with Crippen molar-refractivity contribution in [3.8, 4) is 0 Å². The zero-order chi connectivity index (χ0) is 15.0. The van der Waals surface area contributed by atoms with E-state index >= 15 is 0 Å². The lowest BCUT2D eigenvalue weighted by Gasteiger charge is -2.17. The van der Waals surface area contributed by atoms with Crippen LogP contribution >= 0.6 is 0 Å². The molecular weight excluding hydrogens is 232 g/mol. The van der Waals surface area contributed by atoms with E-state index in [9.17, 15) is 0 Å². The summed E-state index contributed by atoms with van der Waals surface area (Å²) in [6, 6.07) is 0. The molecule has 0 atom stereocenters. The maximum Gasteiger partial charge on any atom is -0.00773 e. The summed E-state index contributed by atoms with van der Waals surface area (Å²) < 4.78 is 0. The van der Waals surface area contributed by atoms with Crippen LogP contribution in [0.15, 0.2) is 0 Å². The van der Waals surface area contributed by atoms with Gasteiger partial charge in [-0.15, -0.1) is 0 Å². The van der Waals surface area contributed by atoms with Crippen molar-refractivity contribution in [3.63, 3.8) is 0 Å². The third-order valence-electron chi connectivity index (χ3n) is 3.13. The highest BCUT2D eigenvalue weighted by Crippen LogP contribution is 2.22. The van der Waals surface area contributed by atoms with Gasteiger partial charge in [-0.3, -0.25) is 0 Å². The summed E-state index contributed by atoms with van der Waals surface area (Å²) in [5.41, 5.74) is 5.97. The molecule has 0 unspecified atom stereocenters. The van der Waals surface area contributed by atoms with Crippen LogP contribution in [0.4, 0.5) is 0 Å². The lowest BCUT2D eigenvalue weighted by molar-refractivity contribution is 0.356. The zero-order valence-electron chi connectivity index (χ0n) is 14.4. The fraction of sp³-hybridized carbons (Fsp3) is 1.00. The lowest BCUT2D eigenvalue weighted by atomic mass is 9.89. The zero-order valence-corrected chi connectivity index (χ0v) is 14.4. The second-order valence-electron chi connectivity index (χ2n) is 6.53. The molecule has 118 valence electrons. The van der Waals surface area contributed by atoms with E-state index in [0.717, 1.165) is 19.6 Å². The minimum absolute atomic E-state index is 0.527. The van der Waals surface area contributed by atoms with Gasteiger partial charge in [0.05, 0.1) is 0 Å². The third kappa shape index (κ3) is 27.2. The molecular formula is C17H40N2. The van der Waals surface area contributed by atoms with Gasteiger partial charge in [-0.05, 0) is 37.9 Å². The van der Waals surface area contributed by atoms with E-state index in [1.165, 1.54) is 51.4 Å². The van der Waals surface area contributed by atoms with Crippen molar-refractivity contribution in [2.75, 3.05) is 19.6 Å². The number of hydrogen-bond acceptors (Lipinski definition) is 2. The van der Waals surface area contributed by atoms with Crippen LogP contribution in [0, 0.1) is 5.41 Å². The van der Waals surface area contributed by atoms with Crippen molar-refractivity contribution < 1.29 is 0 Å². The molecule has 19 heavy (non-hydrogen) atoms. The molecule has 0 fully saturated rings. The first kappa shape index (κ1) is 21.2. The van der Waals surface area contributed by atoms with Crippen LogP contribution in [-0.4, -0.2) is 19.6 Å². The summed E-state index contributed by atoms with van der Waals surface area (Å²) >= 11 is 0. The molecule has 2 nitrogen and oxygen atoms in total. The van der Waals surface area contributed by atoms with Crippen LogP contribution in [0.1, 0.15) is 86.0 Å². The summed E-state index contributed by atoms with van der Waals surface area (Å²) in [6.45, 7) is 14.2. The van der Waals surface area contributed by atoms with Crippen LogP contribution in [0.5, 0.6) is 0 Å². The molecule has 0 amide bonds. The van der Waals surface area contributed by atoms with Crippen molar-refractivity contribution in [3.05, 3.63) is 0 Å². The Morgan fingerprint density at radius 1 is 0.737 bits per heavy atom. The highest BCUT2D eigenvalue weighted by Gasteiger charge is 2.08. The average molecular weight is 273 g/mol. The molecule has 0 aromatic carbocycles. The van der Waals surface area contributed by atoms with Crippen LogP contribution < -0.4 is 11.1 Å². The molecule has 0 saturated carbocycles. The Labute approximate surface area is 122 Å². The minimum atomic E-state index is 0.527.